The van der Waals surface area contributed by atoms with Crippen molar-refractivity contribution in [2.75, 3.05) is 6.61 Å². The second-order valence-electron chi connectivity index (χ2n) is 3.13. The van der Waals surface area contributed by atoms with Crippen LogP contribution in [0.25, 0.3) is 0 Å². The maximum absolute atomic E-state index is 5.50. The maximum atomic E-state index is 5.50. The summed E-state index contributed by atoms with van der Waals surface area (Å²) in [4.78, 5) is 0. The smallest absolute Gasteiger partial charge is 0.122 e. The van der Waals surface area contributed by atoms with E-state index in [0.717, 1.165) is 12.4 Å². The summed E-state index contributed by atoms with van der Waals surface area (Å²) >= 11 is 0. The van der Waals surface area contributed by atoms with Gasteiger partial charge in [-0.05, 0) is 24.5 Å². The number of rotatable bonds is 3. The van der Waals surface area contributed by atoms with E-state index in [4.69, 9.17) is 4.74 Å². The van der Waals surface area contributed by atoms with Crippen molar-refractivity contribution in [1.29, 1.82) is 0 Å². The van der Waals surface area contributed by atoms with E-state index in [0.29, 0.717) is 5.92 Å². The quantitative estimate of drug-likeness (QED) is 0.666. The predicted octanol–water partition coefficient (Wildman–Crippen LogP) is 3.21. The number of para-hydroxylation sites is 1. The average molecular weight is 164 g/mol. The third-order valence-corrected chi connectivity index (χ3v) is 1.84. The molecule has 1 nitrogen and oxygen atoms in total. The van der Waals surface area contributed by atoms with Gasteiger partial charge in [-0.2, -0.15) is 0 Å². The molecule has 0 fully saturated rings. The number of hydrogen-bond donors (Lipinski definition) is 0. The molecule has 0 radical (unpaired) electrons. The van der Waals surface area contributed by atoms with Crippen molar-refractivity contribution in [2.24, 2.45) is 0 Å². The lowest BCUT2D eigenvalue weighted by molar-refractivity contribution is 0.335. The van der Waals surface area contributed by atoms with Gasteiger partial charge in [0, 0.05) is 0 Å². The van der Waals surface area contributed by atoms with Crippen LogP contribution in [-0.2, 0) is 0 Å². The molecule has 0 aromatic heterocycles. The lowest BCUT2D eigenvalue weighted by Gasteiger charge is -2.11. The first-order valence-electron chi connectivity index (χ1n) is 4.47. The predicted molar refractivity (Wildman–Crippen MR) is 51.7 cm³/mol. The van der Waals surface area contributed by atoms with Gasteiger partial charge in [-0.1, -0.05) is 32.0 Å². The van der Waals surface area contributed by atoms with E-state index in [1.54, 1.807) is 0 Å². The molecule has 66 valence electrons. The third kappa shape index (κ3) is 2.00. The highest BCUT2D eigenvalue weighted by molar-refractivity contribution is 5.35. The van der Waals surface area contributed by atoms with E-state index in [2.05, 4.69) is 26.0 Å². The van der Waals surface area contributed by atoms with Crippen LogP contribution in [0.15, 0.2) is 24.3 Å². The molecule has 0 amide bonds. The molecule has 0 bridgehead atoms. The molecule has 0 unspecified atom stereocenters. The van der Waals surface area contributed by atoms with Crippen LogP contribution in [-0.4, -0.2) is 6.61 Å². The van der Waals surface area contributed by atoms with Crippen molar-refractivity contribution in [1.82, 2.24) is 0 Å². The van der Waals surface area contributed by atoms with Gasteiger partial charge in [-0.15, -0.1) is 0 Å². The molecule has 0 aliphatic heterocycles. The molecule has 0 spiro atoms. The lowest BCUT2D eigenvalue weighted by atomic mass is 10.0. The molecule has 12 heavy (non-hydrogen) atoms. The largest absolute Gasteiger partial charge is 0.494 e. The summed E-state index contributed by atoms with van der Waals surface area (Å²) in [7, 11) is 0. The summed E-state index contributed by atoms with van der Waals surface area (Å²) < 4.78 is 5.50. The summed E-state index contributed by atoms with van der Waals surface area (Å²) in [6, 6.07) is 8.21. The van der Waals surface area contributed by atoms with E-state index in [9.17, 15) is 0 Å². The zero-order valence-corrected chi connectivity index (χ0v) is 8.00. The van der Waals surface area contributed by atoms with Crippen LogP contribution in [0, 0.1) is 0 Å². The summed E-state index contributed by atoms with van der Waals surface area (Å²) in [5.41, 5.74) is 1.29. The standard InChI is InChI=1S/C11H16O/c1-4-12-11-8-6-5-7-10(11)9(2)3/h5-9H,4H2,1-3H3. The van der Waals surface area contributed by atoms with Crippen LogP contribution in [0.3, 0.4) is 0 Å². The fourth-order valence-electron chi connectivity index (χ4n) is 1.24. The minimum absolute atomic E-state index is 0.535. The summed E-state index contributed by atoms with van der Waals surface area (Å²) in [6.45, 7) is 7.11. The van der Waals surface area contributed by atoms with Crippen molar-refractivity contribution in [3.05, 3.63) is 29.8 Å². The van der Waals surface area contributed by atoms with Gasteiger partial charge in [0.2, 0.25) is 0 Å². The fraction of sp³-hybridized carbons (Fsp3) is 0.455. The Morgan fingerprint density at radius 2 is 1.92 bits per heavy atom. The third-order valence-electron chi connectivity index (χ3n) is 1.84. The Labute approximate surface area is 74.4 Å². The molecule has 0 aliphatic carbocycles. The first kappa shape index (κ1) is 9.11. The first-order valence-corrected chi connectivity index (χ1v) is 4.47. The molecular formula is C11H16O. The van der Waals surface area contributed by atoms with Crippen molar-refractivity contribution < 1.29 is 4.74 Å². The van der Waals surface area contributed by atoms with Gasteiger partial charge in [-0.3, -0.25) is 0 Å². The van der Waals surface area contributed by atoms with Gasteiger partial charge in [0.05, 0.1) is 6.61 Å². The molecule has 1 rings (SSSR count). The molecule has 0 saturated carbocycles. The van der Waals surface area contributed by atoms with E-state index in [1.165, 1.54) is 5.56 Å². The van der Waals surface area contributed by atoms with Gasteiger partial charge < -0.3 is 4.74 Å². The Bertz CT molecular complexity index is 241. The highest BCUT2D eigenvalue weighted by Crippen LogP contribution is 2.25. The SMILES string of the molecule is CCOc1ccccc1C(C)C. The zero-order valence-electron chi connectivity index (χ0n) is 8.00. The maximum Gasteiger partial charge on any atom is 0.122 e. The van der Waals surface area contributed by atoms with E-state index in [-0.39, 0.29) is 0 Å². The Balaban J connectivity index is 2.92. The minimum atomic E-state index is 0.535. The van der Waals surface area contributed by atoms with Gasteiger partial charge in [0.15, 0.2) is 0 Å². The first-order chi connectivity index (χ1) is 5.75. The van der Waals surface area contributed by atoms with E-state index < -0.39 is 0 Å². The van der Waals surface area contributed by atoms with Gasteiger partial charge >= 0.3 is 0 Å². The van der Waals surface area contributed by atoms with Gasteiger partial charge in [0.25, 0.3) is 0 Å². The number of ether oxygens (including phenoxy) is 1. The fourth-order valence-corrected chi connectivity index (χ4v) is 1.24. The Morgan fingerprint density at radius 1 is 1.25 bits per heavy atom. The van der Waals surface area contributed by atoms with Crippen molar-refractivity contribution in [2.45, 2.75) is 26.7 Å². The van der Waals surface area contributed by atoms with Gasteiger partial charge in [0.1, 0.15) is 5.75 Å². The van der Waals surface area contributed by atoms with Crippen LogP contribution < -0.4 is 4.74 Å². The molecule has 0 N–H and O–H groups in total. The minimum Gasteiger partial charge on any atom is -0.494 e. The van der Waals surface area contributed by atoms with Crippen LogP contribution in [0.1, 0.15) is 32.3 Å². The molecule has 0 atom stereocenters. The molecule has 0 saturated heterocycles. The topological polar surface area (TPSA) is 9.23 Å². The second-order valence-corrected chi connectivity index (χ2v) is 3.13. The molecule has 1 aromatic rings. The molecule has 1 heteroatoms. The summed E-state index contributed by atoms with van der Waals surface area (Å²) in [5.74, 6) is 1.56. The summed E-state index contributed by atoms with van der Waals surface area (Å²) in [5, 5.41) is 0. The second kappa shape index (κ2) is 4.15. The molecule has 0 heterocycles. The number of benzene rings is 1. The zero-order chi connectivity index (χ0) is 8.97. The average Bonchev–Trinajstić information content (AvgIpc) is 2.05. The van der Waals surface area contributed by atoms with Crippen molar-refractivity contribution in [3.8, 4) is 5.75 Å². The van der Waals surface area contributed by atoms with E-state index in [1.807, 2.05) is 19.1 Å². The Hall–Kier alpha value is -0.980. The Kier molecular flexibility index (Phi) is 3.15. The van der Waals surface area contributed by atoms with Crippen LogP contribution in [0.2, 0.25) is 0 Å². The van der Waals surface area contributed by atoms with Crippen LogP contribution >= 0.6 is 0 Å². The van der Waals surface area contributed by atoms with Crippen molar-refractivity contribution in [3.63, 3.8) is 0 Å². The Morgan fingerprint density at radius 3 is 2.50 bits per heavy atom. The normalized spacial score (nSPS) is 10.3. The van der Waals surface area contributed by atoms with Crippen molar-refractivity contribution >= 4 is 0 Å². The highest BCUT2D eigenvalue weighted by atomic mass is 16.5. The molecule has 1 aromatic carbocycles. The lowest BCUT2D eigenvalue weighted by Crippen LogP contribution is -1.97. The van der Waals surface area contributed by atoms with Crippen LogP contribution in [0.4, 0.5) is 0 Å². The monoisotopic (exact) mass is 164 g/mol. The van der Waals surface area contributed by atoms with Gasteiger partial charge in [-0.25, -0.2) is 0 Å². The van der Waals surface area contributed by atoms with Crippen LogP contribution in [0.5, 0.6) is 5.75 Å². The number of hydrogen-bond acceptors (Lipinski definition) is 1. The summed E-state index contributed by atoms with van der Waals surface area (Å²) in [6.07, 6.45) is 0. The van der Waals surface area contributed by atoms with E-state index >= 15 is 0 Å². The molecular weight excluding hydrogens is 148 g/mol. The highest BCUT2D eigenvalue weighted by Gasteiger charge is 2.04. The molecule has 0 aliphatic rings.